The molecule has 0 unspecified atom stereocenters. The number of fused-ring (bicyclic) bond motifs is 1. The van der Waals surface area contributed by atoms with Crippen molar-refractivity contribution in [3.05, 3.63) is 40.8 Å². The lowest BCUT2D eigenvalue weighted by atomic mass is 9.96. The number of carbonyl (C=O) groups excluding carboxylic acids is 1. The monoisotopic (exact) mass is 399 g/mol. The van der Waals surface area contributed by atoms with Crippen LogP contribution in [0, 0.1) is 12.8 Å². The van der Waals surface area contributed by atoms with Gasteiger partial charge in [0.25, 0.3) is 5.71 Å². The Morgan fingerprint density at radius 3 is 2.96 bits per heavy atom. The Labute approximate surface area is 168 Å². The smallest absolute Gasteiger partial charge is 0.263 e. The van der Waals surface area contributed by atoms with Gasteiger partial charge in [-0.2, -0.15) is 4.98 Å². The van der Waals surface area contributed by atoms with Crippen LogP contribution < -0.4 is 10.2 Å². The molecule has 1 amide bonds. The first-order chi connectivity index (χ1) is 13.6. The Morgan fingerprint density at radius 1 is 1.36 bits per heavy atom. The molecule has 0 aliphatic carbocycles. The third kappa shape index (κ3) is 3.54. The summed E-state index contributed by atoms with van der Waals surface area (Å²) >= 11 is 6.18. The van der Waals surface area contributed by atoms with Gasteiger partial charge in [0.2, 0.25) is 5.91 Å². The lowest BCUT2D eigenvalue weighted by Gasteiger charge is -2.33. The molecule has 1 aliphatic rings. The first-order valence-electron chi connectivity index (χ1n) is 9.50. The Kier molecular flexibility index (Phi) is 5.17. The van der Waals surface area contributed by atoms with Crippen LogP contribution in [0.15, 0.2) is 28.8 Å². The minimum absolute atomic E-state index is 0.0270. The van der Waals surface area contributed by atoms with Crippen molar-refractivity contribution in [1.29, 1.82) is 0 Å². The van der Waals surface area contributed by atoms with Crippen molar-refractivity contribution in [1.82, 2.24) is 15.1 Å². The summed E-state index contributed by atoms with van der Waals surface area (Å²) in [7, 11) is 0. The molecular weight excluding hydrogens is 378 g/mol. The van der Waals surface area contributed by atoms with E-state index in [1.165, 1.54) is 0 Å². The molecule has 3 heterocycles. The van der Waals surface area contributed by atoms with Gasteiger partial charge >= 0.3 is 0 Å². The average Bonchev–Trinajstić information content (AvgIpc) is 3.12. The largest absolute Gasteiger partial charge is 0.355 e. The summed E-state index contributed by atoms with van der Waals surface area (Å²) in [5.41, 5.74) is 1.98. The van der Waals surface area contributed by atoms with Crippen molar-refractivity contribution in [2.75, 3.05) is 23.3 Å². The number of hydrogen-bond donors (Lipinski definition) is 1. The van der Waals surface area contributed by atoms with Crippen LogP contribution in [0.5, 0.6) is 0 Å². The van der Waals surface area contributed by atoms with Gasteiger partial charge in [-0.25, -0.2) is 4.98 Å². The van der Waals surface area contributed by atoms with Crippen LogP contribution in [0.1, 0.15) is 31.3 Å². The first kappa shape index (κ1) is 18.7. The third-order valence-electron chi connectivity index (χ3n) is 5.06. The molecule has 1 aliphatic heterocycles. The summed E-state index contributed by atoms with van der Waals surface area (Å²) in [5, 5.41) is 8.47. The van der Waals surface area contributed by atoms with E-state index in [1.54, 1.807) is 6.07 Å². The normalized spacial score (nSPS) is 17.1. The molecule has 1 saturated heterocycles. The van der Waals surface area contributed by atoms with E-state index in [4.69, 9.17) is 16.1 Å². The molecule has 1 aromatic carbocycles. The van der Waals surface area contributed by atoms with Gasteiger partial charge in [-0.15, -0.1) is 0 Å². The number of amides is 1. The molecule has 28 heavy (non-hydrogen) atoms. The number of hydrogen-bond acceptors (Lipinski definition) is 6. The zero-order valence-electron chi connectivity index (χ0n) is 15.9. The predicted molar refractivity (Wildman–Crippen MR) is 109 cm³/mol. The summed E-state index contributed by atoms with van der Waals surface area (Å²) in [5.74, 6) is 1.25. The highest BCUT2D eigenvalue weighted by Crippen LogP contribution is 2.31. The van der Waals surface area contributed by atoms with E-state index in [1.807, 2.05) is 32.0 Å². The van der Waals surface area contributed by atoms with Gasteiger partial charge in [0.05, 0.1) is 22.3 Å². The molecule has 7 nitrogen and oxygen atoms in total. The standard InChI is InChI=1S/C20H22ClN5O2/c1-3-15-17-18(22-12(2)23-20(17)28-25-15)26-10-6-7-13(11-26)19(27)24-16-9-5-4-8-14(16)21/h4-5,8-9,13H,3,6-7,10-11H2,1-2H3,(H,24,27)/t13-/m0/s1. The lowest BCUT2D eigenvalue weighted by molar-refractivity contribution is -0.120. The zero-order chi connectivity index (χ0) is 19.7. The molecule has 1 N–H and O–H groups in total. The van der Waals surface area contributed by atoms with Gasteiger partial charge in [0.1, 0.15) is 17.0 Å². The summed E-state index contributed by atoms with van der Waals surface area (Å²) in [4.78, 5) is 24.0. The minimum Gasteiger partial charge on any atom is -0.355 e. The molecule has 146 valence electrons. The fourth-order valence-electron chi connectivity index (χ4n) is 3.65. The third-order valence-corrected chi connectivity index (χ3v) is 5.39. The van der Waals surface area contributed by atoms with Crippen LogP contribution >= 0.6 is 11.6 Å². The predicted octanol–water partition coefficient (Wildman–Crippen LogP) is 4.00. The average molecular weight is 400 g/mol. The van der Waals surface area contributed by atoms with E-state index in [2.05, 4.69) is 25.3 Å². The topological polar surface area (TPSA) is 84.2 Å². The second-order valence-corrected chi connectivity index (χ2v) is 7.42. The Hall–Kier alpha value is -2.67. The van der Waals surface area contributed by atoms with E-state index >= 15 is 0 Å². The number of para-hydroxylation sites is 1. The number of aromatic nitrogens is 3. The highest BCUT2D eigenvalue weighted by molar-refractivity contribution is 6.33. The van der Waals surface area contributed by atoms with Gasteiger partial charge < -0.3 is 14.7 Å². The second kappa shape index (κ2) is 7.75. The van der Waals surface area contributed by atoms with E-state index < -0.39 is 0 Å². The minimum atomic E-state index is -0.153. The number of benzene rings is 1. The maximum atomic E-state index is 12.8. The Bertz CT molecular complexity index is 1020. The summed E-state index contributed by atoms with van der Waals surface area (Å²) in [6.07, 6.45) is 2.46. The molecule has 0 saturated carbocycles. The Balaban J connectivity index is 1.59. The molecule has 0 bridgehead atoms. The SMILES string of the molecule is CCc1noc2nc(C)nc(N3CCC[C@H](C(=O)Nc4ccccc4Cl)C3)c12. The number of anilines is 2. The van der Waals surface area contributed by atoms with Crippen LogP contribution in [0.2, 0.25) is 5.02 Å². The molecule has 3 aromatic rings. The molecule has 0 spiro atoms. The fourth-order valence-corrected chi connectivity index (χ4v) is 3.83. The quantitative estimate of drug-likeness (QED) is 0.713. The van der Waals surface area contributed by atoms with Crippen molar-refractivity contribution >= 4 is 40.1 Å². The zero-order valence-corrected chi connectivity index (χ0v) is 16.7. The van der Waals surface area contributed by atoms with Crippen LogP contribution in [0.25, 0.3) is 11.1 Å². The highest BCUT2D eigenvalue weighted by Gasteiger charge is 2.29. The van der Waals surface area contributed by atoms with Gasteiger partial charge in [-0.05, 0) is 38.3 Å². The number of rotatable bonds is 4. The molecular formula is C20H22ClN5O2. The van der Waals surface area contributed by atoms with Crippen molar-refractivity contribution < 1.29 is 9.32 Å². The second-order valence-electron chi connectivity index (χ2n) is 7.01. The lowest BCUT2D eigenvalue weighted by Crippen LogP contribution is -2.41. The van der Waals surface area contributed by atoms with Crippen LogP contribution in [0.3, 0.4) is 0 Å². The summed E-state index contributed by atoms with van der Waals surface area (Å²) < 4.78 is 5.40. The van der Waals surface area contributed by atoms with Crippen molar-refractivity contribution in [3.63, 3.8) is 0 Å². The summed E-state index contributed by atoms with van der Waals surface area (Å²) in [6, 6.07) is 7.27. The molecule has 8 heteroatoms. The van der Waals surface area contributed by atoms with Crippen LogP contribution in [-0.2, 0) is 11.2 Å². The molecule has 4 rings (SSSR count). The number of aryl methyl sites for hydroxylation is 2. The molecule has 2 aromatic heterocycles. The number of nitrogens with zero attached hydrogens (tertiary/aromatic N) is 4. The van der Waals surface area contributed by atoms with Gasteiger partial charge in [-0.3, -0.25) is 4.79 Å². The number of nitrogens with one attached hydrogen (secondary N) is 1. The maximum absolute atomic E-state index is 12.8. The van der Waals surface area contributed by atoms with E-state index in [9.17, 15) is 4.79 Å². The summed E-state index contributed by atoms with van der Waals surface area (Å²) in [6.45, 7) is 5.27. The first-order valence-corrected chi connectivity index (χ1v) is 9.88. The molecule has 1 fully saturated rings. The van der Waals surface area contributed by atoms with Crippen molar-refractivity contribution in [2.45, 2.75) is 33.1 Å². The van der Waals surface area contributed by atoms with Gasteiger partial charge in [-0.1, -0.05) is 35.8 Å². The van der Waals surface area contributed by atoms with E-state index in [-0.39, 0.29) is 11.8 Å². The van der Waals surface area contributed by atoms with E-state index in [0.29, 0.717) is 28.8 Å². The van der Waals surface area contributed by atoms with Crippen molar-refractivity contribution in [2.24, 2.45) is 5.92 Å². The molecule has 0 radical (unpaired) electrons. The number of carbonyl (C=O) groups is 1. The maximum Gasteiger partial charge on any atom is 0.263 e. The Morgan fingerprint density at radius 2 is 2.18 bits per heavy atom. The van der Waals surface area contributed by atoms with Crippen molar-refractivity contribution in [3.8, 4) is 0 Å². The van der Waals surface area contributed by atoms with Gasteiger partial charge in [0, 0.05) is 13.1 Å². The van der Waals surface area contributed by atoms with Crippen LogP contribution in [0.4, 0.5) is 11.5 Å². The highest BCUT2D eigenvalue weighted by atomic mass is 35.5. The number of piperidine rings is 1. The number of halogens is 1. The molecule has 1 atom stereocenters. The van der Waals surface area contributed by atoms with E-state index in [0.717, 1.165) is 42.7 Å². The van der Waals surface area contributed by atoms with Crippen LogP contribution in [-0.4, -0.2) is 34.1 Å². The fraction of sp³-hybridized carbons (Fsp3) is 0.400. The van der Waals surface area contributed by atoms with Gasteiger partial charge in [0.15, 0.2) is 0 Å².